The smallest absolute Gasteiger partial charge is 0.223 e. The maximum atomic E-state index is 12.6. The molecule has 0 aliphatic carbocycles. The maximum absolute atomic E-state index is 12.6. The van der Waals surface area contributed by atoms with Crippen LogP contribution < -0.4 is 4.74 Å². The number of tetrazole rings is 1. The van der Waals surface area contributed by atoms with E-state index in [2.05, 4.69) is 50.3 Å². The number of aliphatic hydroxyl groups is 1. The van der Waals surface area contributed by atoms with Crippen molar-refractivity contribution in [1.82, 2.24) is 25.5 Å². The molecule has 2 N–H and O–H groups in total. The van der Waals surface area contributed by atoms with Gasteiger partial charge in [0.25, 0.3) is 0 Å². The van der Waals surface area contributed by atoms with E-state index in [0.717, 1.165) is 31.2 Å². The molecule has 5 rings (SSSR count). The van der Waals surface area contributed by atoms with Crippen LogP contribution in [0.5, 0.6) is 5.75 Å². The Labute approximate surface area is 207 Å². The third-order valence-electron chi connectivity index (χ3n) is 6.60. The summed E-state index contributed by atoms with van der Waals surface area (Å²) in [6, 6.07) is 16.3. The fraction of sp³-hybridized carbons (Fsp3) is 0.385. The van der Waals surface area contributed by atoms with Crippen molar-refractivity contribution in [1.29, 1.82) is 0 Å². The van der Waals surface area contributed by atoms with Crippen molar-refractivity contribution in [2.75, 3.05) is 0 Å². The number of benzene rings is 2. The standard InChI is InChI=1S/C26H29N5O3S/c32-21(11-8-19-17-35-24-7-2-1-6-23(19)24)12-9-20-10-13-26(33)31(20)15-18-4-3-5-22(14-18)34-16-25-27-29-30-28-25/h1-7,14,17,20-21,32H,8-13,15-16H2,(H,27,28,29,30)/t20-,21?/m0/s1. The Morgan fingerprint density at radius 1 is 1.20 bits per heavy atom. The summed E-state index contributed by atoms with van der Waals surface area (Å²) in [4.78, 5) is 14.6. The number of hydrogen-bond acceptors (Lipinski definition) is 7. The third-order valence-corrected chi connectivity index (χ3v) is 7.61. The van der Waals surface area contributed by atoms with E-state index < -0.39 is 0 Å². The summed E-state index contributed by atoms with van der Waals surface area (Å²) in [7, 11) is 0. The molecule has 3 heterocycles. The Balaban J connectivity index is 1.12. The number of thiophene rings is 1. The first-order chi connectivity index (χ1) is 17.2. The lowest BCUT2D eigenvalue weighted by molar-refractivity contribution is -0.129. The fourth-order valence-electron chi connectivity index (χ4n) is 4.71. The summed E-state index contributed by atoms with van der Waals surface area (Å²) in [6.07, 6.45) is 4.16. The minimum atomic E-state index is -0.368. The number of H-pyrrole nitrogens is 1. The number of aromatic nitrogens is 4. The first-order valence-electron chi connectivity index (χ1n) is 12.0. The first kappa shape index (κ1) is 23.4. The van der Waals surface area contributed by atoms with E-state index in [4.69, 9.17) is 4.74 Å². The van der Waals surface area contributed by atoms with E-state index in [0.29, 0.717) is 31.0 Å². The average molecular weight is 492 g/mol. The first-order valence-corrected chi connectivity index (χ1v) is 12.9. The second kappa shape index (κ2) is 11.0. The van der Waals surface area contributed by atoms with Gasteiger partial charge in [-0.05, 0) is 72.2 Å². The van der Waals surface area contributed by atoms with E-state index in [-0.39, 0.29) is 24.7 Å². The average Bonchev–Trinajstić information content (AvgIpc) is 3.62. The van der Waals surface area contributed by atoms with Gasteiger partial charge in [0.1, 0.15) is 5.75 Å². The predicted molar refractivity (Wildman–Crippen MR) is 134 cm³/mol. The molecule has 0 radical (unpaired) electrons. The highest BCUT2D eigenvalue weighted by Crippen LogP contribution is 2.29. The molecule has 2 aromatic heterocycles. The molecule has 0 saturated carbocycles. The Morgan fingerprint density at radius 3 is 3.00 bits per heavy atom. The topological polar surface area (TPSA) is 104 Å². The number of nitrogens with zero attached hydrogens (tertiary/aromatic N) is 4. The molecule has 1 aliphatic rings. The fourth-order valence-corrected chi connectivity index (χ4v) is 5.71. The summed E-state index contributed by atoms with van der Waals surface area (Å²) in [5.74, 6) is 1.36. The number of fused-ring (bicyclic) bond motifs is 1. The molecule has 35 heavy (non-hydrogen) atoms. The van der Waals surface area contributed by atoms with Gasteiger partial charge in [0, 0.05) is 23.7 Å². The molecule has 1 aliphatic heterocycles. The molecule has 8 nitrogen and oxygen atoms in total. The van der Waals surface area contributed by atoms with E-state index in [1.54, 1.807) is 11.3 Å². The number of aliphatic hydroxyl groups excluding tert-OH is 1. The summed E-state index contributed by atoms with van der Waals surface area (Å²) < 4.78 is 7.04. The number of hydrogen-bond donors (Lipinski definition) is 2. The minimum Gasteiger partial charge on any atom is -0.485 e. The van der Waals surface area contributed by atoms with E-state index in [1.807, 2.05) is 29.2 Å². The Bertz CT molecular complexity index is 1260. The molecule has 0 spiro atoms. The summed E-state index contributed by atoms with van der Waals surface area (Å²) in [5, 5.41) is 27.9. The van der Waals surface area contributed by atoms with Gasteiger partial charge < -0.3 is 14.7 Å². The van der Waals surface area contributed by atoms with Gasteiger partial charge in [-0.15, -0.1) is 21.5 Å². The van der Waals surface area contributed by atoms with Gasteiger partial charge >= 0.3 is 0 Å². The molecule has 9 heteroatoms. The van der Waals surface area contributed by atoms with Crippen molar-refractivity contribution >= 4 is 27.3 Å². The van der Waals surface area contributed by atoms with E-state index in [9.17, 15) is 9.90 Å². The molecule has 182 valence electrons. The van der Waals surface area contributed by atoms with Gasteiger partial charge in [-0.1, -0.05) is 35.5 Å². The van der Waals surface area contributed by atoms with E-state index in [1.165, 1.54) is 15.6 Å². The van der Waals surface area contributed by atoms with Crippen molar-refractivity contribution in [2.24, 2.45) is 0 Å². The predicted octanol–water partition coefficient (Wildman–Crippen LogP) is 4.26. The summed E-state index contributed by atoms with van der Waals surface area (Å²) in [6.45, 7) is 0.768. The van der Waals surface area contributed by atoms with Crippen LogP contribution in [-0.4, -0.2) is 48.7 Å². The van der Waals surface area contributed by atoms with E-state index >= 15 is 0 Å². The normalized spacial score (nSPS) is 16.8. The number of likely N-dealkylation sites (tertiary alicyclic amines) is 1. The van der Waals surface area contributed by atoms with Gasteiger partial charge in [-0.25, -0.2) is 0 Å². The zero-order chi connectivity index (χ0) is 24.0. The van der Waals surface area contributed by atoms with Gasteiger partial charge in [0.2, 0.25) is 11.7 Å². The van der Waals surface area contributed by atoms with Crippen LogP contribution in [0.15, 0.2) is 53.9 Å². The highest BCUT2D eigenvalue weighted by Gasteiger charge is 2.31. The van der Waals surface area contributed by atoms with Gasteiger partial charge in [-0.3, -0.25) is 4.79 Å². The molecule has 2 atom stereocenters. The number of amides is 1. The number of rotatable bonds is 11. The van der Waals surface area contributed by atoms with Crippen LogP contribution in [-0.2, 0) is 24.4 Å². The Kier molecular flexibility index (Phi) is 7.34. The number of carbonyl (C=O) groups excluding carboxylic acids is 1. The lowest BCUT2D eigenvalue weighted by Crippen LogP contribution is -2.33. The molecular formula is C26H29N5O3S. The number of ether oxygens (including phenoxy) is 1. The van der Waals surface area contributed by atoms with Crippen molar-refractivity contribution in [2.45, 2.75) is 63.8 Å². The van der Waals surface area contributed by atoms with Crippen LogP contribution in [0.1, 0.15) is 49.1 Å². The number of aryl methyl sites for hydroxylation is 1. The number of aromatic amines is 1. The van der Waals surface area contributed by atoms with Crippen LogP contribution in [0.25, 0.3) is 10.1 Å². The molecule has 1 fully saturated rings. The lowest BCUT2D eigenvalue weighted by atomic mass is 10.00. The van der Waals surface area contributed by atoms with Gasteiger partial charge in [-0.2, -0.15) is 5.21 Å². The minimum absolute atomic E-state index is 0.156. The Hall–Kier alpha value is -3.30. The van der Waals surface area contributed by atoms with Gasteiger partial charge in [0.15, 0.2) is 6.61 Å². The molecular weight excluding hydrogens is 462 g/mol. The Morgan fingerprint density at radius 2 is 2.11 bits per heavy atom. The van der Waals surface area contributed by atoms with Crippen LogP contribution in [0.2, 0.25) is 0 Å². The molecule has 4 aromatic rings. The third kappa shape index (κ3) is 5.86. The second-order valence-corrected chi connectivity index (χ2v) is 9.92. The zero-order valence-electron chi connectivity index (χ0n) is 19.5. The van der Waals surface area contributed by atoms with Crippen LogP contribution in [0.4, 0.5) is 0 Å². The molecule has 1 unspecified atom stereocenters. The van der Waals surface area contributed by atoms with Gasteiger partial charge in [0.05, 0.1) is 6.10 Å². The molecule has 0 bridgehead atoms. The number of carbonyl (C=O) groups is 1. The van der Waals surface area contributed by atoms with Crippen LogP contribution in [0, 0.1) is 0 Å². The second-order valence-electron chi connectivity index (χ2n) is 9.01. The van der Waals surface area contributed by atoms with Crippen molar-refractivity contribution in [3.8, 4) is 5.75 Å². The largest absolute Gasteiger partial charge is 0.485 e. The molecule has 2 aromatic carbocycles. The lowest BCUT2D eigenvalue weighted by Gasteiger charge is -2.26. The molecule has 1 amide bonds. The highest BCUT2D eigenvalue weighted by molar-refractivity contribution is 7.17. The maximum Gasteiger partial charge on any atom is 0.223 e. The summed E-state index contributed by atoms with van der Waals surface area (Å²) in [5.41, 5.74) is 2.32. The van der Waals surface area contributed by atoms with Crippen LogP contribution >= 0.6 is 11.3 Å². The SMILES string of the molecule is O=C1CC[C@H](CCC(O)CCc2csc3ccccc23)N1Cc1cccc(OCc2nn[nH]n2)c1. The van der Waals surface area contributed by atoms with Crippen molar-refractivity contribution in [3.05, 3.63) is 70.9 Å². The van der Waals surface area contributed by atoms with Crippen LogP contribution in [0.3, 0.4) is 0 Å². The highest BCUT2D eigenvalue weighted by atomic mass is 32.1. The molecule has 1 saturated heterocycles. The van der Waals surface area contributed by atoms with Crippen molar-refractivity contribution < 1.29 is 14.6 Å². The number of nitrogens with one attached hydrogen (secondary N) is 1. The monoisotopic (exact) mass is 491 g/mol. The van der Waals surface area contributed by atoms with Crippen molar-refractivity contribution in [3.63, 3.8) is 0 Å². The quantitative estimate of drug-likeness (QED) is 0.325. The zero-order valence-corrected chi connectivity index (χ0v) is 20.3. The summed E-state index contributed by atoms with van der Waals surface area (Å²) >= 11 is 1.76.